The lowest BCUT2D eigenvalue weighted by molar-refractivity contribution is 0.0734. The van der Waals surface area contributed by atoms with Crippen LogP contribution in [0.5, 0.6) is 11.5 Å². The van der Waals surface area contributed by atoms with Crippen molar-refractivity contribution in [2.75, 3.05) is 0 Å². The van der Waals surface area contributed by atoms with Crippen molar-refractivity contribution in [3.63, 3.8) is 0 Å². The van der Waals surface area contributed by atoms with Crippen molar-refractivity contribution in [2.45, 2.75) is 20.5 Å². The van der Waals surface area contributed by atoms with Gasteiger partial charge in [-0.1, -0.05) is 77.9 Å². The number of hydrogen-bond acceptors (Lipinski definition) is 5. The van der Waals surface area contributed by atoms with Crippen molar-refractivity contribution >= 4 is 28.9 Å². The van der Waals surface area contributed by atoms with Gasteiger partial charge in [0, 0.05) is 11.1 Å². The number of hydrazone groups is 1. The van der Waals surface area contributed by atoms with Crippen LogP contribution in [0.3, 0.4) is 0 Å². The Morgan fingerprint density at radius 3 is 2.12 bits per heavy atom. The highest BCUT2D eigenvalue weighted by atomic mass is 16.5. The number of ether oxygens (including phenoxy) is 2. The zero-order valence-electron chi connectivity index (χ0n) is 22.3. The van der Waals surface area contributed by atoms with E-state index < -0.39 is 5.97 Å². The predicted molar refractivity (Wildman–Crippen MR) is 157 cm³/mol. The monoisotopic (exact) mass is 528 g/mol. The number of nitrogens with zero attached hydrogens (tertiary/aromatic N) is 1. The number of benzene rings is 5. The van der Waals surface area contributed by atoms with Gasteiger partial charge in [-0.25, -0.2) is 10.2 Å². The fourth-order valence-corrected chi connectivity index (χ4v) is 4.12. The summed E-state index contributed by atoms with van der Waals surface area (Å²) in [5.41, 5.74) is 7.34. The van der Waals surface area contributed by atoms with Crippen molar-refractivity contribution in [3.05, 3.63) is 143 Å². The third kappa shape index (κ3) is 6.42. The molecule has 5 aromatic carbocycles. The molecule has 0 heterocycles. The van der Waals surface area contributed by atoms with Crippen LogP contribution in [-0.4, -0.2) is 18.1 Å². The van der Waals surface area contributed by atoms with Gasteiger partial charge in [0.1, 0.15) is 18.1 Å². The molecule has 40 heavy (non-hydrogen) atoms. The van der Waals surface area contributed by atoms with Gasteiger partial charge in [-0.05, 0) is 72.6 Å². The van der Waals surface area contributed by atoms with E-state index in [1.54, 1.807) is 42.5 Å². The first-order valence-corrected chi connectivity index (χ1v) is 12.9. The molecule has 0 saturated carbocycles. The summed E-state index contributed by atoms with van der Waals surface area (Å²) in [5.74, 6) is 0.159. The third-order valence-electron chi connectivity index (χ3n) is 6.42. The van der Waals surface area contributed by atoms with Crippen LogP contribution in [0.4, 0.5) is 0 Å². The largest absolute Gasteiger partial charge is 0.489 e. The van der Waals surface area contributed by atoms with E-state index in [9.17, 15) is 9.59 Å². The molecule has 0 aliphatic rings. The number of rotatable bonds is 8. The topological polar surface area (TPSA) is 77.0 Å². The maximum Gasteiger partial charge on any atom is 0.343 e. The molecule has 0 fully saturated rings. The molecule has 0 aromatic heterocycles. The molecule has 1 N–H and O–H groups in total. The number of carbonyl (C=O) groups excluding carboxylic acids is 2. The van der Waals surface area contributed by atoms with E-state index in [4.69, 9.17) is 9.47 Å². The minimum absolute atomic E-state index is 0.345. The van der Waals surface area contributed by atoms with Gasteiger partial charge < -0.3 is 9.47 Å². The molecule has 0 atom stereocenters. The van der Waals surface area contributed by atoms with Crippen LogP contribution in [0.15, 0.2) is 114 Å². The van der Waals surface area contributed by atoms with Gasteiger partial charge in [-0.2, -0.15) is 5.10 Å². The van der Waals surface area contributed by atoms with Crippen molar-refractivity contribution in [1.82, 2.24) is 5.43 Å². The van der Waals surface area contributed by atoms with Gasteiger partial charge in [0.15, 0.2) is 0 Å². The van der Waals surface area contributed by atoms with E-state index in [1.807, 2.05) is 80.6 Å². The lowest BCUT2D eigenvalue weighted by atomic mass is 10.0. The Balaban J connectivity index is 1.28. The van der Waals surface area contributed by atoms with Crippen molar-refractivity contribution in [3.8, 4) is 11.5 Å². The van der Waals surface area contributed by atoms with Crippen molar-refractivity contribution < 1.29 is 19.1 Å². The quantitative estimate of drug-likeness (QED) is 0.102. The summed E-state index contributed by atoms with van der Waals surface area (Å²) in [6.45, 7) is 4.44. The molecule has 0 unspecified atom stereocenters. The average Bonchev–Trinajstić information content (AvgIpc) is 2.98. The number of amides is 1. The fourth-order valence-electron chi connectivity index (χ4n) is 4.12. The van der Waals surface area contributed by atoms with E-state index in [1.165, 1.54) is 11.8 Å². The highest BCUT2D eigenvalue weighted by Crippen LogP contribution is 2.27. The number of nitrogens with one attached hydrogen (secondary N) is 1. The van der Waals surface area contributed by atoms with Crippen LogP contribution in [0.25, 0.3) is 10.8 Å². The summed E-state index contributed by atoms with van der Waals surface area (Å²) in [6.07, 6.45) is 1.50. The molecule has 0 aliphatic carbocycles. The minimum Gasteiger partial charge on any atom is -0.489 e. The van der Waals surface area contributed by atoms with E-state index in [-0.39, 0.29) is 5.91 Å². The van der Waals surface area contributed by atoms with Gasteiger partial charge in [0.2, 0.25) is 0 Å². The van der Waals surface area contributed by atoms with E-state index in [0.29, 0.717) is 34.8 Å². The zero-order valence-corrected chi connectivity index (χ0v) is 22.3. The summed E-state index contributed by atoms with van der Waals surface area (Å²) < 4.78 is 11.6. The molecular formula is C34H28N2O4. The predicted octanol–water partition coefficient (Wildman–Crippen LogP) is 7.02. The fraction of sp³-hybridized carbons (Fsp3) is 0.0882. The first kappa shape index (κ1) is 26.4. The van der Waals surface area contributed by atoms with Gasteiger partial charge in [-0.15, -0.1) is 0 Å². The molecule has 0 aliphatic heterocycles. The van der Waals surface area contributed by atoms with Crippen LogP contribution in [-0.2, 0) is 6.61 Å². The SMILES string of the molecule is Cc1ccc(COc2ccc(C(=O)NN=Cc3c(OC(=O)c4ccc(C)cc4)ccc4ccccc34)cc2)cc1. The standard InChI is InChI=1S/C34H28N2O4/c1-23-7-11-25(12-8-23)22-39-29-18-15-27(16-19-29)33(37)36-35-21-31-30-6-4-3-5-26(30)17-20-32(31)40-34(38)28-13-9-24(2)10-14-28/h3-21H,22H2,1-2H3,(H,36,37). The highest BCUT2D eigenvalue weighted by Gasteiger charge is 2.14. The normalized spacial score (nSPS) is 10.9. The van der Waals surface area contributed by atoms with Crippen molar-refractivity contribution in [2.24, 2.45) is 5.10 Å². The number of fused-ring (bicyclic) bond motifs is 1. The summed E-state index contributed by atoms with van der Waals surface area (Å²) in [6, 6.07) is 33.5. The molecule has 198 valence electrons. The molecule has 5 aromatic rings. The molecule has 6 heteroatoms. The zero-order chi connectivity index (χ0) is 27.9. The molecule has 0 bridgehead atoms. The second-order valence-electron chi connectivity index (χ2n) is 9.45. The number of hydrogen-bond donors (Lipinski definition) is 1. The Kier molecular flexibility index (Phi) is 7.97. The van der Waals surface area contributed by atoms with Gasteiger partial charge in [0.25, 0.3) is 5.91 Å². The Bertz CT molecular complexity index is 1670. The number of aryl methyl sites for hydroxylation is 2. The van der Waals surface area contributed by atoms with Crippen LogP contribution in [0.2, 0.25) is 0 Å². The Labute approximate surface area is 232 Å². The van der Waals surface area contributed by atoms with Gasteiger partial charge in [-0.3, -0.25) is 4.79 Å². The second kappa shape index (κ2) is 12.1. The lowest BCUT2D eigenvalue weighted by Gasteiger charge is -2.11. The first-order valence-electron chi connectivity index (χ1n) is 12.9. The van der Waals surface area contributed by atoms with Crippen LogP contribution >= 0.6 is 0 Å². The Morgan fingerprint density at radius 2 is 1.40 bits per heavy atom. The number of esters is 1. The summed E-state index contributed by atoms with van der Waals surface area (Å²) in [7, 11) is 0. The summed E-state index contributed by atoms with van der Waals surface area (Å²) in [5, 5.41) is 5.97. The van der Waals surface area contributed by atoms with E-state index >= 15 is 0 Å². The maximum atomic E-state index is 12.8. The number of carbonyl (C=O) groups is 2. The van der Waals surface area contributed by atoms with Crippen LogP contribution in [0.1, 0.15) is 43.0 Å². The Morgan fingerprint density at radius 1 is 0.750 bits per heavy atom. The van der Waals surface area contributed by atoms with Gasteiger partial charge >= 0.3 is 5.97 Å². The smallest absolute Gasteiger partial charge is 0.343 e. The summed E-state index contributed by atoms with van der Waals surface area (Å²) in [4.78, 5) is 25.5. The molecule has 6 nitrogen and oxygen atoms in total. The lowest BCUT2D eigenvalue weighted by Crippen LogP contribution is -2.17. The second-order valence-corrected chi connectivity index (χ2v) is 9.45. The van der Waals surface area contributed by atoms with E-state index in [2.05, 4.69) is 10.5 Å². The first-order chi connectivity index (χ1) is 19.5. The summed E-state index contributed by atoms with van der Waals surface area (Å²) >= 11 is 0. The molecule has 0 saturated heterocycles. The van der Waals surface area contributed by atoms with Crippen molar-refractivity contribution in [1.29, 1.82) is 0 Å². The molecule has 1 amide bonds. The molecule has 5 rings (SSSR count). The highest BCUT2D eigenvalue weighted by molar-refractivity contribution is 6.04. The molecule has 0 radical (unpaired) electrons. The minimum atomic E-state index is -0.473. The average molecular weight is 529 g/mol. The maximum absolute atomic E-state index is 12.8. The molecule has 0 spiro atoms. The van der Waals surface area contributed by atoms with Gasteiger partial charge in [0.05, 0.1) is 11.8 Å². The van der Waals surface area contributed by atoms with Crippen LogP contribution < -0.4 is 14.9 Å². The third-order valence-corrected chi connectivity index (χ3v) is 6.42. The van der Waals surface area contributed by atoms with E-state index in [0.717, 1.165) is 21.9 Å². The molecular weight excluding hydrogens is 500 g/mol. The van der Waals surface area contributed by atoms with Crippen LogP contribution in [0, 0.1) is 13.8 Å². The Hall–Kier alpha value is -5.23.